The third-order valence-corrected chi connectivity index (χ3v) is 3.45. The zero-order valence-electron chi connectivity index (χ0n) is 13.1. The minimum absolute atomic E-state index is 0. The third-order valence-electron chi connectivity index (χ3n) is 3.45. The summed E-state index contributed by atoms with van der Waals surface area (Å²) >= 11 is 0. The molecule has 23 heavy (non-hydrogen) atoms. The highest BCUT2D eigenvalue weighted by atomic mass is 127. The lowest BCUT2D eigenvalue weighted by atomic mass is 10.1. The van der Waals surface area contributed by atoms with Gasteiger partial charge in [-0.3, -0.25) is 4.99 Å². The Balaban J connectivity index is 0.00000264. The lowest BCUT2D eigenvalue weighted by Gasteiger charge is -2.06. The van der Waals surface area contributed by atoms with Gasteiger partial charge in [-0.2, -0.15) is 0 Å². The van der Waals surface area contributed by atoms with Gasteiger partial charge < -0.3 is 16.2 Å². The van der Waals surface area contributed by atoms with E-state index in [1.807, 2.05) is 42.5 Å². The van der Waals surface area contributed by atoms with Crippen molar-refractivity contribution < 1.29 is 5.11 Å². The van der Waals surface area contributed by atoms with Gasteiger partial charge in [0.1, 0.15) is 0 Å². The maximum atomic E-state index is 9.00. The summed E-state index contributed by atoms with van der Waals surface area (Å²) in [6.07, 6.45) is 1.77. The van der Waals surface area contributed by atoms with Crippen molar-refractivity contribution in [3.05, 3.63) is 71.3 Å². The smallest absolute Gasteiger partial charge is 0.188 e. The summed E-state index contributed by atoms with van der Waals surface area (Å²) in [5, 5.41) is 12.1. The molecule has 0 atom stereocenters. The lowest BCUT2D eigenvalue weighted by Crippen LogP contribution is -2.33. The SMILES string of the molecule is I.NC(=NCCc1ccc(CO)cc1)NCCc1ccccc1. The van der Waals surface area contributed by atoms with E-state index in [-0.39, 0.29) is 30.6 Å². The highest BCUT2D eigenvalue weighted by Gasteiger charge is 1.96. The summed E-state index contributed by atoms with van der Waals surface area (Å²) in [6.45, 7) is 1.52. The van der Waals surface area contributed by atoms with Crippen LogP contribution in [0.5, 0.6) is 0 Å². The van der Waals surface area contributed by atoms with Crippen LogP contribution in [0.1, 0.15) is 16.7 Å². The molecule has 0 aliphatic rings. The minimum atomic E-state index is 0. The van der Waals surface area contributed by atoms with Crippen molar-refractivity contribution in [2.45, 2.75) is 19.4 Å². The first kappa shape index (κ1) is 19.4. The molecule has 0 spiro atoms. The molecule has 2 aromatic rings. The average molecular weight is 425 g/mol. The molecule has 5 heteroatoms. The van der Waals surface area contributed by atoms with Crippen molar-refractivity contribution in [3.63, 3.8) is 0 Å². The van der Waals surface area contributed by atoms with Crippen LogP contribution in [-0.2, 0) is 19.4 Å². The Kier molecular flexibility index (Phi) is 9.31. The Morgan fingerprint density at radius 2 is 1.52 bits per heavy atom. The molecule has 124 valence electrons. The number of nitrogens with one attached hydrogen (secondary N) is 1. The molecule has 0 aromatic heterocycles. The largest absolute Gasteiger partial charge is 0.392 e. The number of benzene rings is 2. The van der Waals surface area contributed by atoms with Crippen molar-refractivity contribution >= 4 is 29.9 Å². The summed E-state index contributed by atoms with van der Waals surface area (Å²) in [5.41, 5.74) is 9.26. The zero-order valence-corrected chi connectivity index (χ0v) is 15.4. The van der Waals surface area contributed by atoms with Gasteiger partial charge in [-0.25, -0.2) is 0 Å². The minimum Gasteiger partial charge on any atom is -0.392 e. The summed E-state index contributed by atoms with van der Waals surface area (Å²) in [7, 11) is 0. The first-order valence-corrected chi connectivity index (χ1v) is 7.54. The normalized spacial score (nSPS) is 10.9. The van der Waals surface area contributed by atoms with Crippen LogP contribution < -0.4 is 11.1 Å². The Morgan fingerprint density at radius 3 is 2.17 bits per heavy atom. The number of halogens is 1. The molecule has 0 saturated heterocycles. The van der Waals surface area contributed by atoms with E-state index in [2.05, 4.69) is 22.4 Å². The Bertz CT molecular complexity index is 585. The molecule has 4 N–H and O–H groups in total. The molecule has 0 saturated carbocycles. The van der Waals surface area contributed by atoms with Gasteiger partial charge in [0, 0.05) is 13.1 Å². The zero-order chi connectivity index (χ0) is 15.6. The van der Waals surface area contributed by atoms with E-state index < -0.39 is 0 Å². The molecule has 0 radical (unpaired) electrons. The maximum absolute atomic E-state index is 9.00. The van der Waals surface area contributed by atoms with Gasteiger partial charge in [0.15, 0.2) is 5.96 Å². The number of nitrogens with two attached hydrogens (primary N) is 1. The van der Waals surface area contributed by atoms with Crippen LogP contribution in [0.2, 0.25) is 0 Å². The van der Waals surface area contributed by atoms with Crippen molar-refractivity contribution in [1.82, 2.24) is 5.32 Å². The van der Waals surface area contributed by atoms with Gasteiger partial charge in [0.2, 0.25) is 0 Å². The Labute approximate surface area is 154 Å². The van der Waals surface area contributed by atoms with E-state index in [0.717, 1.165) is 24.9 Å². The van der Waals surface area contributed by atoms with Gasteiger partial charge in [-0.1, -0.05) is 54.6 Å². The van der Waals surface area contributed by atoms with E-state index in [1.165, 1.54) is 11.1 Å². The van der Waals surface area contributed by atoms with Gasteiger partial charge in [0.05, 0.1) is 6.61 Å². The second-order valence-corrected chi connectivity index (χ2v) is 5.15. The molecular weight excluding hydrogens is 401 g/mol. The molecule has 0 bridgehead atoms. The fraction of sp³-hybridized carbons (Fsp3) is 0.278. The van der Waals surface area contributed by atoms with E-state index in [9.17, 15) is 0 Å². The van der Waals surface area contributed by atoms with Gasteiger partial charge >= 0.3 is 0 Å². The standard InChI is InChI=1S/C18H23N3O.HI/c19-18(20-12-10-15-4-2-1-3-5-15)21-13-11-16-6-8-17(14-22)9-7-16;/h1-9,22H,10-14H2,(H3,19,20,21);1H. The monoisotopic (exact) mass is 425 g/mol. The Hall–Kier alpha value is -1.60. The highest BCUT2D eigenvalue weighted by Crippen LogP contribution is 2.05. The third kappa shape index (κ3) is 7.47. The van der Waals surface area contributed by atoms with Crippen LogP contribution in [-0.4, -0.2) is 24.2 Å². The van der Waals surface area contributed by atoms with Gasteiger partial charge in [-0.05, 0) is 29.5 Å². The fourth-order valence-corrected chi connectivity index (χ4v) is 2.15. The van der Waals surface area contributed by atoms with Crippen LogP contribution in [0.3, 0.4) is 0 Å². The van der Waals surface area contributed by atoms with Gasteiger partial charge in [-0.15, -0.1) is 24.0 Å². The molecule has 0 aliphatic carbocycles. The first-order chi connectivity index (χ1) is 10.8. The number of nitrogens with zero attached hydrogens (tertiary/aromatic N) is 1. The summed E-state index contributed by atoms with van der Waals surface area (Å²) in [5.74, 6) is 0.489. The number of guanidine groups is 1. The summed E-state index contributed by atoms with van der Waals surface area (Å²) in [6, 6.07) is 18.2. The predicted octanol–water partition coefficient (Wildman–Crippen LogP) is 2.49. The molecule has 0 heterocycles. The summed E-state index contributed by atoms with van der Waals surface area (Å²) < 4.78 is 0. The fourth-order valence-electron chi connectivity index (χ4n) is 2.15. The van der Waals surface area contributed by atoms with Crippen molar-refractivity contribution in [2.75, 3.05) is 13.1 Å². The topological polar surface area (TPSA) is 70.6 Å². The molecule has 2 rings (SSSR count). The quantitative estimate of drug-likeness (QED) is 0.363. The second kappa shape index (κ2) is 11.0. The van der Waals surface area contributed by atoms with Crippen LogP contribution in [0, 0.1) is 0 Å². The number of hydrogen-bond acceptors (Lipinski definition) is 2. The molecule has 0 unspecified atom stereocenters. The van der Waals surface area contributed by atoms with Crippen molar-refractivity contribution in [1.29, 1.82) is 0 Å². The highest BCUT2D eigenvalue weighted by molar-refractivity contribution is 14.0. The number of aliphatic hydroxyl groups excluding tert-OH is 1. The Morgan fingerprint density at radius 1 is 0.913 bits per heavy atom. The van der Waals surface area contributed by atoms with E-state index >= 15 is 0 Å². The number of rotatable bonds is 7. The molecule has 4 nitrogen and oxygen atoms in total. The molecule has 0 aliphatic heterocycles. The van der Waals surface area contributed by atoms with Crippen molar-refractivity contribution in [3.8, 4) is 0 Å². The van der Waals surface area contributed by atoms with E-state index in [0.29, 0.717) is 12.5 Å². The van der Waals surface area contributed by atoms with Crippen LogP contribution in [0.15, 0.2) is 59.6 Å². The molecule has 2 aromatic carbocycles. The molecule has 0 fully saturated rings. The predicted molar refractivity (Wildman–Crippen MR) is 106 cm³/mol. The number of hydrogen-bond donors (Lipinski definition) is 3. The second-order valence-electron chi connectivity index (χ2n) is 5.15. The van der Waals surface area contributed by atoms with E-state index in [4.69, 9.17) is 10.8 Å². The van der Waals surface area contributed by atoms with E-state index in [1.54, 1.807) is 0 Å². The first-order valence-electron chi connectivity index (χ1n) is 7.54. The maximum Gasteiger partial charge on any atom is 0.188 e. The molecule has 0 amide bonds. The van der Waals surface area contributed by atoms with Crippen molar-refractivity contribution in [2.24, 2.45) is 10.7 Å². The summed E-state index contributed by atoms with van der Waals surface area (Å²) in [4.78, 5) is 4.33. The van der Waals surface area contributed by atoms with Crippen LogP contribution >= 0.6 is 24.0 Å². The van der Waals surface area contributed by atoms with Gasteiger partial charge in [0.25, 0.3) is 0 Å². The number of aliphatic hydroxyl groups is 1. The lowest BCUT2D eigenvalue weighted by molar-refractivity contribution is 0.282. The number of aliphatic imine (C=N–C) groups is 1. The van der Waals surface area contributed by atoms with Crippen LogP contribution in [0.25, 0.3) is 0 Å². The average Bonchev–Trinajstić information content (AvgIpc) is 2.56. The molecular formula is C18H24IN3O. The van der Waals surface area contributed by atoms with Crippen LogP contribution in [0.4, 0.5) is 0 Å².